The number of nitriles is 4. The highest BCUT2D eigenvalue weighted by molar-refractivity contribution is 6.74. The number of hydrogen-bond acceptors (Lipinski definition) is 6. The van der Waals surface area contributed by atoms with Crippen LogP contribution in [0, 0.1) is 51.2 Å². The summed E-state index contributed by atoms with van der Waals surface area (Å²) < 4.78 is 5.85. The average molecular weight is 338 g/mol. The number of allylic oxidation sites excluding steroid dienone is 4. The van der Waals surface area contributed by atoms with Crippen molar-refractivity contribution in [3.05, 3.63) is 22.3 Å². The number of rotatable bonds is 4. The van der Waals surface area contributed by atoms with E-state index in [1.807, 2.05) is 33.9 Å². The van der Waals surface area contributed by atoms with Gasteiger partial charge in [0.15, 0.2) is 14.1 Å². The van der Waals surface area contributed by atoms with Crippen LogP contribution in [0.5, 0.6) is 0 Å². The zero-order valence-electron chi connectivity index (χ0n) is 14.4. The molecule has 0 atom stereocenters. The Kier molecular flexibility index (Phi) is 5.49. The van der Waals surface area contributed by atoms with Crippen molar-refractivity contribution in [2.24, 2.45) is 5.92 Å². The molecule has 0 fully saturated rings. The van der Waals surface area contributed by atoms with Crippen molar-refractivity contribution in [2.75, 3.05) is 6.61 Å². The van der Waals surface area contributed by atoms with E-state index in [-0.39, 0.29) is 33.9 Å². The Balaban J connectivity index is 3.20. The third-order valence-corrected chi connectivity index (χ3v) is 9.01. The Bertz CT molecular complexity index is 754. The Hall–Kier alpha value is -2.71. The zero-order valence-corrected chi connectivity index (χ0v) is 15.4. The molecule has 0 radical (unpaired) electrons. The second-order valence-electron chi connectivity index (χ2n) is 6.97. The van der Waals surface area contributed by atoms with Crippen molar-refractivity contribution in [1.29, 1.82) is 21.0 Å². The summed E-state index contributed by atoms with van der Waals surface area (Å²) in [6.45, 7) is 9.80. The maximum Gasteiger partial charge on any atom is 0.192 e. The molecule has 122 valence electrons. The third kappa shape index (κ3) is 3.29. The van der Waals surface area contributed by atoms with Gasteiger partial charge in [0.25, 0.3) is 0 Å². The van der Waals surface area contributed by atoms with Gasteiger partial charge in [-0.1, -0.05) is 20.8 Å². The average Bonchev–Trinajstić information content (AvgIpc) is 2.83. The number of ketones is 1. The van der Waals surface area contributed by atoms with Crippen LogP contribution in [-0.4, -0.2) is 20.7 Å². The van der Waals surface area contributed by atoms with Crippen molar-refractivity contribution < 1.29 is 9.22 Å². The van der Waals surface area contributed by atoms with Crippen LogP contribution >= 0.6 is 0 Å². The molecule has 1 rings (SSSR count). The predicted octanol–water partition coefficient (Wildman–Crippen LogP) is 2.89. The van der Waals surface area contributed by atoms with Crippen molar-refractivity contribution in [2.45, 2.75) is 38.9 Å². The first-order chi connectivity index (χ1) is 11.1. The van der Waals surface area contributed by atoms with E-state index in [4.69, 9.17) is 14.9 Å². The van der Waals surface area contributed by atoms with Crippen LogP contribution in [0.15, 0.2) is 22.3 Å². The van der Waals surface area contributed by atoms with E-state index in [1.54, 1.807) is 24.3 Å². The largest absolute Gasteiger partial charge is 0.409 e. The minimum atomic E-state index is -2.18. The maximum absolute atomic E-state index is 12.6. The molecule has 6 nitrogen and oxygen atoms in total. The smallest absolute Gasteiger partial charge is 0.192 e. The van der Waals surface area contributed by atoms with E-state index in [1.165, 1.54) is 0 Å². The van der Waals surface area contributed by atoms with E-state index in [0.717, 1.165) is 0 Å². The second kappa shape index (κ2) is 6.81. The van der Waals surface area contributed by atoms with Gasteiger partial charge >= 0.3 is 0 Å². The molecule has 0 N–H and O–H groups in total. The topological polar surface area (TPSA) is 121 Å². The van der Waals surface area contributed by atoms with Gasteiger partial charge < -0.3 is 4.43 Å². The minimum Gasteiger partial charge on any atom is -0.409 e. The summed E-state index contributed by atoms with van der Waals surface area (Å²) in [5.74, 6) is -1.67. The monoisotopic (exact) mass is 338 g/mol. The highest BCUT2D eigenvalue weighted by Gasteiger charge is 2.42. The lowest BCUT2D eigenvalue weighted by Gasteiger charge is -2.36. The van der Waals surface area contributed by atoms with Gasteiger partial charge in [0.05, 0.1) is 47.0 Å². The van der Waals surface area contributed by atoms with Crippen molar-refractivity contribution >= 4 is 14.1 Å². The normalized spacial score (nSPS) is 15.5. The van der Waals surface area contributed by atoms with Gasteiger partial charge in [-0.15, -0.1) is 0 Å². The maximum atomic E-state index is 12.6. The molecule has 0 heterocycles. The van der Waals surface area contributed by atoms with Crippen molar-refractivity contribution in [3.63, 3.8) is 0 Å². The summed E-state index contributed by atoms with van der Waals surface area (Å²) in [5, 5.41) is 36.8. The van der Waals surface area contributed by atoms with Crippen LogP contribution in [0.4, 0.5) is 0 Å². The summed E-state index contributed by atoms with van der Waals surface area (Å²) in [7, 11) is -2.18. The minimum absolute atomic E-state index is 0.0968. The number of carbonyl (C=O) groups excluding carboxylic acids is 1. The molecule has 0 spiro atoms. The third-order valence-electron chi connectivity index (χ3n) is 4.53. The molecule has 0 unspecified atom stereocenters. The first-order valence-corrected chi connectivity index (χ1v) is 10.2. The van der Waals surface area contributed by atoms with Crippen molar-refractivity contribution in [3.8, 4) is 24.3 Å². The van der Waals surface area contributed by atoms with Crippen LogP contribution in [0.25, 0.3) is 0 Å². The van der Waals surface area contributed by atoms with Crippen LogP contribution in [0.2, 0.25) is 18.1 Å². The van der Waals surface area contributed by atoms with E-state index < -0.39 is 20.0 Å². The molecule has 0 aromatic carbocycles. The molecule has 0 aromatic rings. The molecule has 0 aromatic heterocycles. The highest BCUT2D eigenvalue weighted by Crippen LogP contribution is 2.39. The van der Waals surface area contributed by atoms with Crippen LogP contribution in [0.1, 0.15) is 20.8 Å². The highest BCUT2D eigenvalue weighted by atomic mass is 28.4. The zero-order chi connectivity index (χ0) is 18.7. The van der Waals surface area contributed by atoms with Gasteiger partial charge in [0.2, 0.25) is 0 Å². The van der Waals surface area contributed by atoms with Gasteiger partial charge in [0, 0.05) is 0 Å². The fraction of sp³-hybridized carbons (Fsp3) is 0.471. The van der Waals surface area contributed by atoms with E-state index >= 15 is 0 Å². The summed E-state index contributed by atoms with van der Waals surface area (Å²) in [5.41, 5.74) is -0.673. The van der Waals surface area contributed by atoms with Crippen LogP contribution < -0.4 is 0 Å². The summed E-state index contributed by atoms with van der Waals surface area (Å²) in [6, 6.07) is 7.11. The Morgan fingerprint density at radius 2 is 1.42 bits per heavy atom. The molecular weight excluding hydrogens is 320 g/mol. The predicted molar refractivity (Wildman–Crippen MR) is 88.2 cm³/mol. The van der Waals surface area contributed by atoms with Crippen molar-refractivity contribution in [1.82, 2.24) is 0 Å². The van der Waals surface area contributed by atoms with E-state index in [0.29, 0.717) is 0 Å². The Labute approximate surface area is 143 Å². The van der Waals surface area contributed by atoms with Gasteiger partial charge in [-0.05, 0) is 18.1 Å². The summed E-state index contributed by atoms with van der Waals surface area (Å²) in [6.07, 6.45) is 0. The lowest BCUT2D eigenvalue weighted by molar-refractivity contribution is -0.122. The fourth-order valence-corrected chi connectivity index (χ4v) is 2.98. The van der Waals surface area contributed by atoms with Gasteiger partial charge in [-0.3, -0.25) is 4.79 Å². The number of hydrogen-bond donors (Lipinski definition) is 0. The molecular formula is C17H18N4O2Si. The quantitative estimate of drug-likeness (QED) is 0.726. The van der Waals surface area contributed by atoms with Gasteiger partial charge in [-0.2, -0.15) is 21.0 Å². The molecule has 0 bridgehead atoms. The van der Waals surface area contributed by atoms with E-state index in [2.05, 4.69) is 0 Å². The molecule has 0 saturated carbocycles. The summed E-state index contributed by atoms with van der Waals surface area (Å²) >= 11 is 0. The van der Waals surface area contributed by atoms with Gasteiger partial charge in [0.1, 0.15) is 12.1 Å². The molecule has 7 heteroatoms. The summed E-state index contributed by atoms with van der Waals surface area (Å²) in [4.78, 5) is 12.6. The lowest BCUT2D eigenvalue weighted by Crippen LogP contribution is -2.42. The Morgan fingerprint density at radius 1 is 1.00 bits per heavy atom. The molecule has 24 heavy (non-hydrogen) atoms. The first-order valence-electron chi connectivity index (χ1n) is 7.31. The van der Waals surface area contributed by atoms with Gasteiger partial charge in [-0.25, -0.2) is 0 Å². The fourth-order valence-electron chi connectivity index (χ4n) is 2.05. The SMILES string of the molecule is CC(C)(C)[Si](C)(C)OCC(=O)C1C(C#N)=C(C#N)C(C#N)=C1C#N. The Morgan fingerprint density at radius 3 is 1.71 bits per heavy atom. The standard InChI is InChI=1S/C17H18N4O2Si/c1-17(2,3)24(4,5)23-10-15(22)16-13(8-20)11(6-18)12(7-19)14(16)9-21/h16H,10H2,1-5H3. The molecule has 0 saturated heterocycles. The second-order valence-corrected chi connectivity index (χ2v) is 11.8. The van der Waals surface area contributed by atoms with E-state index in [9.17, 15) is 15.3 Å². The van der Waals surface area contributed by atoms with Crippen LogP contribution in [-0.2, 0) is 9.22 Å². The molecule has 1 aliphatic rings. The number of Topliss-reactive ketones (excluding diaryl/α,β-unsaturated/α-hetero) is 1. The lowest BCUT2D eigenvalue weighted by atomic mass is 9.92. The number of carbonyl (C=O) groups is 1. The molecule has 0 amide bonds. The first kappa shape index (κ1) is 19.3. The van der Waals surface area contributed by atoms with Crippen LogP contribution in [0.3, 0.4) is 0 Å². The number of nitrogens with zero attached hydrogens (tertiary/aromatic N) is 4. The molecule has 1 aliphatic carbocycles. The molecule has 0 aliphatic heterocycles.